The summed E-state index contributed by atoms with van der Waals surface area (Å²) in [6.45, 7) is 5.43. The van der Waals surface area contributed by atoms with Crippen LogP contribution in [-0.4, -0.2) is 24.5 Å². The van der Waals surface area contributed by atoms with Crippen LogP contribution in [0.5, 0.6) is 0 Å². The van der Waals surface area contributed by atoms with Crippen molar-refractivity contribution in [2.45, 2.75) is 19.4 Å². The molecule has 0 aromatic rings. The van der Waals surface area contributed by atoms with Crippen molar-refractivity contribution >= 4 is 11.9 Å². The molecule has 0 aliphatic carbocycles. The molecule has 1 heterocycles. The monoisotopic (exact) mass is 169 g/mol. The maximum Gasteiger partial charge on any atom is 0.333 e. The highest BCUT2D eigenvalue weighted by Crippen LogP contribution is 2.06. The Balaban J connectivity index is 2.37. The number of rotatable bonds is 2. The molecule has 1 rings (SSSR count). The number of carbonyl (C=O) groups excluding carboxylic acids is 2. The summed E-state index contributed by atoms with van der Waals surface area (Å²) >= 11 is 0. The minimum Gasteiger partial charge on any atom is -0.457 e. The number of hydrogen-bond acceptors (Lipinski definition) is 3. The van der Waals surface area contributed by atoms with Crippen LogP contribution in [0.3, 0.4) is 0 Å². The molecule has 0 saturated carbocycles. The third-order valence-electron chi connectivity index (χ3n) is 1.56. The highest BCUT2D eigenvalue weighted by atomic mass is 16.5. The van der Waals surface area contributed by atoms with Crippen LogP contribution < -0.4 is 5.32 Å². The molecule has 0 spiro atoms. The Hall–Kier alpha value is -1.32. The summed E-state index contributed by atoms with van der Waals surface area (Å²) in [6.07, 6.45) is -0.0550. The molecule has 12 heavy (non-hydrogen) atoms. The van der Waals surface area contributed by atoms with Gasteiger partial charge in [0, 0.05) is 5.57 Å². The second kappa shape index (κ2) is 3.38. The molecule has 66 valence electrons. The van der Waals surface area contributed by atoms with E-state index in [1.54, 1.807) is 6.92 Å². The van der Waals surface area contributed by atoms with Gasteiger partial charge in [0.1, 0.15) is 6.10 Å². The van der Waals surface area contributed by atoms with E-state index in [1.165, 1.54) is 0 Å². The third kappa shape index (κ3) is 2.08. The summed E-state index contributed by atoms with van der Waals surface area (Å²) < 4.78 is 4.92. The van der Waals surface area contributed by atoms with Gasteiger partial charge in [-0.25, -0.2) is 4.79 Å². The lowest BCUT2D eigenvalue weighted by Gasteiger charge is -2.08. The largest absolute Gasteiger partial charge is 0.457 e. The van der Waals surface area contributed by atoms with Crippen LogP contribution in [0.2, 0.25) is 0 Å². The second-order valence-electron chi connectivity index (χ2n) is 2.82. The molecule has 1 unspecified atom stereocenters. The minimum atomic E-state index is -0.434. The summed E-state index contributed by atoms with van der Waals surface area (Å²) in [7, 11) is 0. The van der Waals surface area contributed by atoms with Gasteiger partial charge in [0.2, 0.25) is 5.91 Å². The predicted octanol–water partition coefficient (Wildman–Crippen LogP) is -0.00580. The lowest BCUT2D eigenvalue weighted by Crippen LogP contribution is -2.21. The van der Waals surface area contributed by atoms with E-state index in [0.717, 1.165) is 0 Å². The second-order valence-corrected chi connectivity index (χ2v) is 2.82. The van der Waals surface area contributed by atoms with Gasteiger partial charge < -0.3 is 10.1 Å². The summed E-state index contributed by atoms with van der Waals surface area (Å²) in [4.78, 5) is 21.6. The molecular weight excluding hydrogens is 158 g/mol. The molecule has 1 saturated heterocycles. The average molecular weight is 169 g/mol. The third-order valence-corrected chi connectivity index (χ3v) is 1.56. The Morgan fingerprint density at radius 3 is 2.83 bits per heavy atom. The van der Waals surface area contributed by atoms with Crippen LogP contribution in [0.1, 0.15) is 13.3 Å². The first kappa shape index (κ1) is 8.77. The van der Waals surface area contributed by atoms with Crippen LogP contribution in [0.25, 0.3) is 0 Å². The molecule has 4 heteroatoms. The van der Waals surface area contributed by atoms with E-state index in [9.17, 15) is 9.59 Å². The molecule has 1 atom stereocenters. The molecule has 0 bridgehead atoms. The van der Waals surface area contributed by atoms with Gasteiger partial charge in [0.05, 0.1) is 13.0 Å². The van der Waals surface area contributed by atoms with Crippen molar-refractivity contribution in [1.29, 1.82) is 0 Å². The lowest BCUT2D eigenvalue weighted by molar-refractivity contribution is -0.143. The maximum atomic E-state index is 10.9. The Morgan fingerprint density at radius 1 is 1.75 bits per heavy atom. The molecular formula is C8H11NO3. The van der Waals surface area contributed by atoms with E-state index >= 15 is 0 Å². The molecule has 1 amide bonds. The number of nitrogens with one attached hydrogen (secondary N) is 1. The van der Waals surface area contributed by atoms with Crippen molar-refractivity contribution in [3.05, 3.63) is 12.2 Å². The first-order chi connectivity index (χ1) is 5.59. The Bertz CT molecular complexity index is 234. The SMILES string of the molecule is C=C(C)C(=O)OC1CNC(=O)C1. The molecule has 0 aromatic heterocycles. The molecule has 0 radical (unpaired) electrons. The van der Waals surface area contributed by atoms with Gasteiger partial charge >= 0.3 is 5.97 Å². The number of ether oxygens (including phenoxy) is 1. The standard InChI is InChI=1S/C8H11NO3/c1-5(2)8(11)12-6-3-7(10)9-4-6/h6H,1,3-4H2,2H3,(H,9,10). The minimum absolute atomic E-state index is 0.0745. The topological polar surface area (TPSA) is 55.4 Å². The quantitative estimate of drug-likeness (QED) is 0.467. The van der Waals surface area contributed by atoms with Crippen molar-refractivity contribution in [2.75, 3.05) is 6.54 Å². The van der Waals surface area contributed by atoms with Gasteiger partial charge in [-0.15, -0.1) is 0 Å². The van der Waals surface area contributed by atoms with Gasteiger partial charge in [0.15, 0.2) is 0 Å². The van der Waals surface area contributed by atoms with Crippen molar-refractivity contribution in [2.24, 2.45) is 0 Å². The first-order valence-corrected chi connectivity index (χ1v) is 3.73. The van der Waals surface area contributed by atoms with E-state index < -0.39 is 5.97 Å². The van der Waals surface area contributed by atoms with E-state index in [4.69, 9.17) is 4.74 Å². The lowest BCUT2D eigenvalue weighted by atomic mass is 10.3. The number of hydrogen-bond donors (Lipinski definition) is 1. The average Bonchev–Trinajstić information content (AvgIpc) is 2.35. The fourth-order valence-corrected chi connectivity index (χ4v) is 0.914. The number of carbonyl (C=O) groups is 2. The number of esters is 1. The fourth-order valence-electron chi connectivity index (χ4n) is 0.914. The van der Waals surface area contributed by atoms with Crippen LogP contribution in [0, 0.1) is 0 Å². The van der Waals surface area contributed by atoms with Gasteiger partial charge in [-0.2, -0.15) is 0 Å². The number of amides is 1. The zero-order chi connectivity index (χ0) is 9.14. The van der Waals surface area contributed by atoms with Crippen molar-refractivity contribution in [3.8, 4) is 0 Å². The summed E-state index contributed by atoms with van der Waals surface area (Å²) in [5, 5.41) is 2.57. The van der Waals surface area contributed by atoms with Gasteiger partial charge in [-0.3, -0.25) is 4.79 Å². The Labute approximate surface area is 70.6 Å². The zero-order valence-electron chi connectivity index (χ0n) is 6.92. The van der Waals surface area contributed by atoms with Crippen molar-refractivity contribution in [3.63, 3.8) is 0 Å². The summed E-state index contributed by atoms with van der Waals surface area (Å²) in [5.41, 5.74) is 0.356. The first-order valence-electron chi connectivity index (χ1n) is 3.73. The predicted molar refractivity (Wildman–Crippen MR) is 42.3 cm³/mol. The van der Waals surface area contributed by atoms with E-state index in [-0.39, 0.29) is 18.4 Å². The Morgan fingerprint density at radius 2 is 2.42 bits per heavy atom. The van der Waals surface area contributed by atoms with Crippen LogP contribution in [0.4, 0.5) is 0 Å². The summed E-state index contributed by atoms with van der Waals surface area (Å²) in [5.74, 6) is -0.508. The Kier molecular flexibility index (Phi) is 2.47. The van der Waals surface area contributed by atoms with Crippen LogP contribution in [0.15, 0.2) is 12.2 Å². The molecule has 1 aliphatic rings. The maximum absolute atomic E-state index is 10.9. The van der Waals surface area contributed by atoms with Crippen LogP contribution in [-0.2, 0) is 14.3 Å². The smallest absolute Gasteiger partial charge is 0.333 e. The van der Waals surface area contributed by atoms with Gasteiger partial charge in [-0.05, 0) is 6.92 Å². The van der Waals surface area contributed by atoms with Gasteiger partial charge in [-0.1, -0.05) is 6.58 Å². The van der Waals surface area contributed by atoms with E-state index in [0.29, 0.717) is 12.1 Å². The highest BCUT2D eigenvalue weighted by Gasteiger charge is 2.24. The van der Waals surface area contributed by atoms with Crippen molar-refractivity contribution in [1.82, 2.24) is 5.32 Å². The van der Waals surface area contributed by atoms with Gasteiger partial charge in [0.25, 0.3) is 0 Å². The normalized spacial score (nSPS) is 21.8. The molecule has 1 aliphatic heterocycles. The van der Waals surface area contributed by atoms with E-state index in [1.807, 2.05) is 0 Å². The van der Waals surface area contributed by atoms with Crippen LogP contribution >= 0.6 is 0 Å². The fraction of sp³-hybridized carbons (Fsp3) is 0.500. The molecule has 1 fully saturated rings. The highest BCUT2D eigenvalue weighted by molar-refractivity contribution is 5.87. The molecule has 1 N–H and O–H groups in total. The van der Waals surface area contributed by atoms with Crippen molar-refractivity contribution < 1.29 is 14.3 Å². The molecule has 0 aromatic carbocycles. The molecule has 4 nitrogen and oxygen atoms in total. The zero-order valence-corrected chi connectivity index (χ0v) is 6.92. The van der Waals surface area contributed by atoms with E-state index in [2.05, 4.69) is 11.9 Å². The summed E-state index contributed by atoms with van der Waals surface area (Å²) in [6, 6.07) is 0.